The normalized spacial score (nSPS) is 10.4. The Morgan fingerprint density at radius 3 is 2.93 bits per heavy atom. The topological polar surface area (TPSA) is 55.6 Å². The van der Waals surface area contributed by atoms with Crippen molar-refractivity contribution in [3.8, 4) is 0 Å². The summed E-state index contributed by atoms with van der Waals surface area (Å²) in [5.41, 5.74) is 1.05. The molecule has 14 heavy (non-hydrogen) atoms. The molecule has 0 aliphatic heterocycles. The van der Waals surface area contributed by atoms with Gasteiger partial charge in [0.05, 0.1) is 29.6 Å². The van der Waals surface area contributed by atoms with Crippen LogP contribution in [0, 0.1) is 6.92 Å². The summed E-state index contributed by atoms with van der Waals surface area (Å²) in [6, 6.07) is 0. The Labute approximate surface area is 85.8 Å². The highest BCUT2D eigenvalue weighted by Crippen LogP contribution is 2.17. The number of aryl methyl sites for hydroxylation is 2. The van der Waals surface area contributed by atoms with E-state index in [1.54, 1.807) is 22.2 Å². The van der Waals surface area contributed by atoms with Crippen LogP contribution in [0.4, 0.5) is 5.00 Å². The van der Waals surface area contributed by atoms with Gasteiger partial charge in [0, 0.05) is 7.05 Å². The molecule has 0 amide bonds. The van der Waals surface area contributed by atoms with Crippen LogP contribution < -0.4 is 5.32 Å². The van der Waals surface area contributed by atoms with Crippen LogP contribution in [0.1, 0.15) is 10.7 Å². The Balaban J connectivity index is 1.98. The molecule has 0 spiro atoms. The van der Waals surface area contributed by atoms with Gasteiger partial charge in [0.1, 0.15) is 5.00 Å². The van der Waals surface area contributed by atoms with Crippen molar-refractivity contribution in [2.45, 2.75) is 13.5 Å². The molecule has 0 fully saturated rings. The zero-order valence-corrected chi connectivity index (χ0v) is 8.88. The molecule has 2 heterocycles. The van der Waals surface area contributed by atoms with Crippen LogP contribution in [0.5, 0.6) is 0 Å². The summed E-state index contributed by atoms with van der Waals surface area (Å²) in [5, 5.41) is 13.1. The van der Waals surface area contributed by atoms with Gasteiger partial charge < -0.3 is 5.32 Å². The monoisotopic (exact) mass is 209 g/mol. The Morgan fingerprint density at radius 2 is 2.36 bits per heavy atom. The molecule has 0 aliphatic carbocycles. The van der Waals surface area contributed by atoms with E-state index in [2.05, 4.69) is 20.6 Å². The number of rotatable bonds is 3. The highest BCUT2D eigenvalue weighted by Gasteiger charge is 2.01. The van der Waals surface area contributed by atoms with E-state index >= 15 is 0 Å². The highest BCUT2D eigenvalue weighted by molar-refractivity contribution is 7.15. The minimum absolute atomic E-state index is 0.727. The number of hydrogen-bond acceptors (Lipinski definition) is 5. The lowest BCUT2D eigenvalue weighted by Crippen LogP contribution is -2.04. The molecule has 2 rings (SSSR count). The molecule has 0 atom stereocenters. The van der Waals surface area contributed by atoms with Gasteiger partial charge in [0.2, 0.25) is 0 Å². The second kappa shape index (κ2) is 3.75. The molecular weight excluding hydrogens is 198 g/mol. The SMILES string of the molecule is Cc1ncc(NCc2cnnn2C)s1. The van der Waals surface area contributed by atoms with Gasteiger partial charge in [0.25, 0.3) is 0 Å². The fraction of sp³-hybridized carbons (Fsp3) is 0.375. The zero-order chi connectivity index (χ0) is 9.97. The smallest absolute Gasteiger partial charge is 0.109 e. The van der Waals surface area contributed by atoms with Crippen LogP contribution in [0.2, 0.25) is 0 Å². The van der Waals surface area contributed by atoms with E-state index in [0.29, 0.717) is 0 Å². The van der Waals surface area contributed by atoms with Gasteiger partial charge in [-0.2, -0.15) is 0 Å². The third-order valence-electron chi connectivity index (χ3n) is 1.87. The maximum Gasteiger partial charge on any atom is 0.109 e. The molecule has 0 radical (unpaired) electrons. The fourth-order valence-electron chi connectivity index (χ4n) is 1.09. The molecular formula is C8H11N5S. The van der Waals surface area contributed by atoms with Crippen LogP contribution in [0.25, 0.3) is 0 Å². The first-order valence-corrected chi connectivity index (χ1v) is 5.07. The van der Waals surface area contributed by atoms with Gasteiger partial charge in [-0.05, 0) is 6.92 Å². The predicted octanol–water partition coefficient (Wildman–Crippen LogP) is 1.19. The van der Waals surface area contributed by atoms with E-state index in [1.807, 2.05) is 20.2 Å². The predicted molar refractivity (Wildman–Crippen MR) is 55.2 cm³/mol. The van der Waals surface area contributed by atoms with Gasteiger partial charge in [-0.1, -0.05) is 5.21 Å². The number of aromatic nitrogens is 4. The molecule has 0 saturated carbocycles. The molecule has 0 bridgehead atoms. The van der Waals surface area contributed by atoms with Gasteiger partial charge >= 0.3 is 0 Å². The summed E-state index contributed by atoms with van der Waals surface area (Å²) in [7, 11) is 1.88. The minimum Gasteiger partial charge on any atom is -0.370 e. The van der Waals surface area contributed by atoms with Gasteiger partial charge in [-0.3, -0.25) is 4.68 Å². The number of hydrogen-bond donors (Lipinski definition) is 1. The zero-order valence-electron chi connectivity index (χ0n) is 8.06. The van der Waals surface area contributed by atoms with Crippen LogP contribution in [-0.4, -0.2) is 20.0 Å². The molecule has 2 aromatic rings. The van der Waals surface area contributed by atoms with E-state index in [1.165, 1.54) is 0 Å². The average molecular weight is 209 g/mol. The molecule has 2 aromatic heterocycles. The summed E-state index contributed by atoms with van der Waals surface area (Å²) < 4.78 is 1.75. The van der Waals surface area contributed by atoms with Crippen molar-refractivity contribution in [2.24, 2.45) is 7.05 Å². The lowest BCUT2D eigenvalue weighted by molar-refractivity contribution is 0.684. The summed E-state index contributed by atoms with van der Waals surface area (Å²) >= 11 is 1.64. The van der Waals surface area contributed by atoms with Gasteiger partial charge in [0.15, 0.2) is 0 Å². The minimum atomic E-state index is 0.727. The molecule has 5 nitrogen and oxygen atoms in total. The van der Waals surface area contributed by atoms with Crippen molar-refractivity contribution < 1.29 is 0 Å². The van der Waals surface area contributed by atoms with Gasteiger partial charge in [-0.25, -0.2) is 4.98 Å². The van der Waals surface area contributed by atoms with Gasteiger partial charge in [-0.15, -0.1) is 16.4 Å². The Morgan fingerprint density at radius 1 is 1.50 bits per heavy atom. The summed E-state index contributed by atoms with van der Waals surface area (Å²) in [4.78, 5) is 4.16. The van der Waals surface area contributed by atoms with Crippen LogP contribution in [0.3, 0.4) is 0 Å². The number of nitrogens with zero attached hydrogens (tertiary/aromatic N) is 4. The molecule has 0 aliphatic rings. The van der Waals surface area contributed by atoms with Crippen LogP contribution in [-0.2, 0) is 13.6 Å². The molecule has 0 saturated heterocycles. The third-order valence-corrected chi connectivity index (χ3v) is 2.74. The van der Waals surface area contributed by atoms with Crippen molar-refractivity contribution in [1.29, 1.82) is 0 Å². The number of thiazole rings is 1. The van der Waals surface area contributed by atoms with Crippen molar-refractivity contribution in [3.63, 3.8) is 0 Å². The molecule has 1 N–H and O–H groups in total. The standard InChI is InChI=1S/C8H11N5S/c1-6-9-5-8(14-6)10-3-7-4-11-12-13(7)2/h4-5,10H,3H2,1-2H3. The van der Waals surface area contributed by atoms with Crippen LogP contribution in [0.15, 0.2) is 12.4 Å². The second-order valence-electron chi connectivity index (χ2n) is 2.95. The Hall–Kier alpha value is -1.43. The van der Waals surface area contributed by atoms with E-state index in [-0.39, 0.29) is 0 Å². The van der Waals surface area contributed by atoms with E-state index < -0.39 is 0 Å². The van der Waals surface area contributed by atoms with Crippen LogP contribution >= 0.6 is 11.3 Å². The Bertz CT molecular complexity index is 419. The molecule has 0 unspecified atom stereocenters. The van der Waals surface area contributed by atoms with Crippen molar-refractivity contribution in [1.82, 2.24) is 20.0 Å². The first-order valence-electron chi connectivity index (χ1n) is 4.25. The van der Waals surface area contributed by atoms with E-state index in [0.717, 1.165) is 22.2 Å². The number of anilines is 1. The first kappa shape index (κ1) is 9.14. The molecule has 6 heteroatoms. The second-order valence-corrected chi connectivity index (χ2v) is 4.18. The highest BCUT2D eigenvalue weighted by atomic mass is 32.1. The van der Waals surface area contributed by atoms with Crippen molar-refractivity contribution >= 4 is 16.3 Å². The maximum atomic E-state index is 4.16. The van der Waals surface area contributed by atoms with E-state index in [9.17, 15) is 0 Å². The fourth-order valence-corrected chi connectivity index (χ4v) is 1.77. The first-order chi connectivity index (χ1) is 6.75. The van der Waals surface area contributed by atoms with Crippen molar-refractivity contribution in [2.75, 3.05) is 5.32 Å². The Kier molecular flexibility index (Phi) is 2.45. The van der Waals surface area contributed by atoms with E-state index in [4.69, 9.17) is 0 Å². The lowest BCUT2D eigenvalue weighted by Gasteiger charge is -2.01. The largest absolute Gasteiger partial charge is 0.370 e. The van der Waals surface area contributed by atoms with Crippen molar-refractivity contribution in [3.05, 3.63) is 23.1 Å². The lowest BCUT2D eigenvalue weighted by atomic mass is 10.4. The third kappa shape index (κ3) is 1.90. The summed E-state index contributed by atoms with van der Waals surface area (Å²) in [6.07, 6.45) is 3.59. The molecule has 0 aromatic carbocycles. The quantitative estimate of drug-likeness (QED) is 0.825. The maximum absolute atomic E-state index is 4.16. The summed E-state index contributed by atoms with van der Waals surface area (Å²) in [5.74, 6) is 0. The molecule has 74 valence electrons. The number of nitrogens with one attached hydrogen (secondary N) is 1. The summed E-state index contributed by atoms with van der Waals surface area (Å²) in [6.45, 7) is 2.71. The average Bonchev–Trinajstić information content (AvgIpc) is 2.72.